The van der Waals surface area contributed by atoms with Crippen LogP contribution in [-0.2, 0) is 12.6 Å². The first-order valence-electron chi connectivity index (χ1n) is 10.8. The fourth-order valence-corrected chi connectivity index (χ4v) is 5.04. The Hall–Kier alpha value is -2.13. The molecule has 9 heteroatoms. The van der Waals surface area contributed by atoms with E-state index in [1.54, 1.807) is 41.7 Å². The van der Waals surface area contributed by atoms with Crippen LogP contribution in [0, 0.1) is 13.8 Å². The number of halogens is 3. The number of hydrogen-bond acceptors (Lipinski definition) is 3. The fraction of sp³-hybridized carbons (Fsp3) is 0.280. The molecule has 0 unspecified atom stereocenters. The number of hydrogen-bond donors (Lipinski definition) is 2. The number of carbonyl (C=O) groups excluding carboxylic acids is 1. The number of aromatic carboxylic acids is 1. The normalized spacial score (nSPS) is 14.1. The van der Waals surface area contributed by atoms with E-state index in [0.29, 0.717) is 17.5 Å². The number of nitrogens with one attached hydrogen (secondary N) is 1. The second-order valence-corrected chi connectivity index (χ2v) is 12.0. The molecule has 0 bridgehead atoms. The molecule has 0 spiro atoms. The van der Waals surface area contributed by atoms with Gasteiger partial charge in [-0.1, -0.05) is 18.2 Å². The third-order valence-electron chi connectivity index (χ3n) is 5.71. The largest absolute Gasteiger partial charge is 0.478 e. The Balaban J connectivity index is 0.000000302. The van der Waals surface area contributed by atoms with Crippen molar-refractivity contribution in [3.63, 3.8) is 0 Å². The van der Waals surface area contributed by atoms with Crippen molar-refractivity contribution in [3.05, 3.63) is 92.2 Å². The topological polar surface area (TPSA) is 66.4 Å². The number of carbonyl (C=O) groups is 2. The Bertz CT molecular complexity index is 1170. The van der Waals surface area contributed by atoms with E-state index in [2.05, 4.69) is 5.32 Å². The number of rotatable bonds is 5. The van der Waals surface area contributed by atoms with Crippen LogP contribution in [0.5, 0.6) is 0 Å². The van der Waals surface area contributed by atoms with Crippen LogP contribution in [0.4, 0.5) is 13.2 Å². The summed E-state index contributed by atoms with van der Waals surface area (Å²) in [6.45, 7) is 3.89. The van der Waals surface area contributed by atoms with Gasteiger partial charge < -0.3 is 5.11 Å². The van der Waals surface area contributed by atoms with Crippen molar-refractivity contribution in [2.45, 2.75) is 42.1 Å². The van der Waals surface area contributed by atoms with Crippen LogP contribution in [0.2, 0.25) is 0 Å². The molecule has 34 heavy (non-hydrogen) atoms. The summed E-state index contributed by atoms with van der Waals surface area (Å²) >= 11 is 2.50. The molecule has 1 heterocycles. The molecule has 174 valence electrons. The maximum atomic E-state index is 12.7. The predicted molar refractivity (Wildman–Crippen MR) is 127 cm³/mol. The molecule has 1 fully saturated rings. The van der Waals surface area contributed by atoms with Gasteiger partial charge in [0.25, 0.3) is 0 Å². The second-order valence-electron chi connectivity index (χ2n) is 8.63. The molecular weight excluding hydrogens is 474 g/mol. The number of benzene rings is 2. The quantitative estimate of drug-likeness (QED) is 0.442. The zero-order valence-corrected chi connectivity index (χ0v) is 21.9. The number of aryl methyl sites for hydroxylation is 2. The third-order valence-corrected chi connectivity index (χ3v) is 8.02. The molecule has 1 saturated carbocycles. The Morgan fingerprint density at radius 1 is 1.03 bits per heavy atom. The molecule has 1 aliphatic carbocycles. The van der Waals surface area contributed by atoms with Crippen molar-refractivity contribution < 1.29 is 27.9 Å². The van der Waals surface area contributed by atoms with E-state index in [-0.39, 0.29) is 8.70 Å². The predicted octanol–water partition coefficient (Wildman–Crippen LogP) is 5.75. The Kier molecular flexibility index (Phi) is 8.29. The standard InChI is InChI=1S/C18H17F3NOS.C7H6O2.Na/c1-10-15(9-12-3-5-13(6-4-12)18(19,20)21)16(11(2)24-10)17(23)22-14-7-8-14;8-7(9)6-4-2-1-3-5-6;/h3-6H,7-9H2,1-2H3,(H,22,23);1-5H,(H,8,9);. The summed E-state index contributed by atoms with van der Waals surface area (Å²) in [5, 5.41) is 11.5. The molecule has 4 nitrogen and oxygen atoms in total. The smallest absolute Gasteiger partial charge is 0.335 e. The van der Waals surface area contributed by atoms with E-state index in [1.165, 1.54) is 12.1 Å². The summed E-state index contributed by atoms with van der Waals surface area (Å²) in [4.78, 5) is 24.9. The van der Waals surface area contributed by atoms with Gasteiger partial charge in [0.15, 0.2) is 0 Å². The SMILES string of the molecule is Cc1sc(C)c(C(=O)N[C]2([Na])CC2)c1Cc1ccc(C(F)(F)F)cc1.O=C(O)c1ccccc1. The van der Waals surface area contributed by atoms with Crippen molar-refractivity contribution in [1.29, 1.82) is 0 Å². The van der Waals surface area contributed by atoms with Gasteiger partial charge in [-0.3, -0.25) is 0 Å². The molecule has 0 atom stereocenters. The molecular formula is C25H23F3NNaO3S. The van der Waals surface area contributed by atoms with E-state index < -0.39 is 17.7 Å². The van der Waals surface area contributed by atoms with Gasteiger partial charge in [-0.2, -0.15) is 0 Å². The maximum Gasteiger partial charge on any atom is 0.335 e. The van der Waals surface area contributed by atoms with Crippen LogP contribution >= 0.6 is 11.3 Å². The Labute approximate surface area is 217 Å². The van der Waals surface area contributed by atoms with Crippen molar-refractivity contribution in [3.8, 4) is 0 Å². The number of alkyl halides is 3. The third kappa shape index (κ3) is 6.95. The Morgan fingerprint density at radius 2 is 1.62 bits per heavy atom. The van der Waals surface area contributed by atoms with Crippen LogP contribution in [0.25, 0.3) is 0 Å². The molecule has 2 aromatic carbocycles. The van der Waals surface area contributed by atoms with Gasteiger partial charge in [0.05, 0.1) is 5.56 Å². The molecule has 2 N–H and O–H groups in total. The van der Waals surface area contributed by atoms with Gasteiger partial charge in [0, 0.05) is 0 Å². The minimum atomic E-state index is -4.33. The van der Waals surface area contributed by atoms with Crippen molar-refractivity contribution >= 4 is 51.1 Å². The summed E-state index contributed by atoms with van der Waals surface area (Å²) < 4.78 is 38.1. The minimum Gasteiger partial charge on any atom is -0.478 e. The van der Waals surface area contributed by atoms with Gasteiger partial charge >= 0.3 is 173 Å². The second kappa shape index (κ2) is 10.6. The van der Waals surface area contributed by atoms with Crippen LogP contribution < -0.4 is 5.32 Å². The van der Waals surface area contributed by atoms with Crippen molar-refractivity contribution in [2.24, 2.45) is 0 Å². The average Bonchev–Trinajstić information content (AvgIpc) is 3.42. The number of carboxylic acids is 1. The molecule has 0 aliphatic heterocycles. The van der Waals surface area contributed by atoms with Crippen molar-refractivity contribution in [2.75, 3.05) is 0 Å². The van der Waals surface area contributed by atoms with E-state index in [4.69, 9.17) is 5.11 Å². The monoisotopic (exact) mass is 497 g/mol. The fourth-order valence-electron chi connectivity index (χ4n) is 3.49. The molecule has 0 saturated heterocycles. The number of carboxylic acid groups (broad SMARTS) is 1. The summed E-state index contributed by atoms with van der Waals surface area (Å²) in [5.74, 6) is -0.924. The van der Waals surface area contributed by atoms with Gasteiger partial charge in [-0.05, 0) is 12.1 Å². The minimum absolute atomic E-state index is 0.0327. The van der Waals surface area contributed by atoms with Crippen LogP contribution in [0.3, 0.4) is 0 Å². The number of amides is 1. The first-order chi connectivity index (χ1) is 15.9. The summed E-state index contributed by atoms with van der Waals surface area (Å²) in [6.07, 6.45) is -1.78. The zero-order chi connectivity index (χ0) is 25.1. The maximum absolute atomic E-state index is 12.7. The van der Waals surface area contributed by atoms with Crippen LogP contribution in [0.1, 0.15) is 60.0 Å². The van der Waals surface area contributed by atoms with E-state index in [0.717, 1.165) is 73.8 Å². The van der Waals surface area contributed by atoms with Gasteiger partial charge in [-0.25, -0.2) is 4.79 Å². The van der Waals surface area contributed by atoms with Gasteiger partial charge in [-0.15, -0.1) is 0 Å². The van der Waals surface area contributed by atoms with Crippen molar-refractivity contribution in [1.82, 2.24) is 5.32 Å². The zero-order valence-electron chi connectivity index (χ0n) is 19.1. The molecule has 1 amide bonds. The van der Waals surface area contributed by atoms with E-state index >= 15 is 0 Å². The Morgan fingerprint density at radius 3 is 2.09 bits per heavy atom. The summed E-state index contributed by atoms with van der Waals surface area (Å²) in [7, 11) is 0. The first-order valence-corrected chi connectivity index (χ1v) is 12.6. The molecule has 1 aliphatic rings. The first kappa shape index (κ1) is 26.5. The molecule has 0 radical (unpaired) electrons. The van der Waals surface area contributed by atoms with E-state index in [9.17, 15) is 22.8 Å². The molecule has 4 rings (SSSR count). The summed E-state index contributed by atoms with van der Waals surface area (Å²) in [5.41, 5.74) is 2.07. The molecule has 1 aromatic heterocycles. The van der Waals surface area contributed by atoms with Crippen LogP contribution in [0.15, 0.2) is 54.6 Å². The molecule has 3 aromatic rings. The summed E-state index contributed by atoms with van der Waals surface area (Å²) in [6, 6.07) is 13.5. The van der Waals surface area contributed by atoms with Gasteiger partial charge in [0.2, 0.25) is 0 Å². The van der Waals surface area contributed by atoms with E-state index in [1.807, 2.05) is 13.8 Å². The van der Waals surface area contributed by atoms with Gasteiger partial charge in [0.1, 0.15) is 0 Å². The average molecular weight is 498 g/mol. The van der Waals surface area contributed by atoms with Crippen LogP contribution in [-0.4, -0.2) is 47.7 Å². The number of thiophene rings is 1.